The Morgan fingerprint density at radius 1 is 1.12 bits per heavy atom. The molecule has 0 aliphatic rings. The Balaban J connectivity index is 1.84. The van der Waals surface area contributed by atoms with Gasteiger partial charge in [0, 0.05) is 19.4 Å². The van der Waals surface area contributed by atoms with Crippen LogP contribution in [0.1, 0.15) is 36.8 Å². The fourth-order valence-corrected chi connectivity index (χ4v) is 2.98. The summed E-state index contributed by atoms with van der Waals surface area (Å²) in [5.41, 5.74) is 0.930. The van der Waals surface area contributed by atoms with Crippen molar-refractivity contribution in [3.8, 4) is 17.6 Å². The van der Waals surface area contributed by atoms with Gasteiger partial charge in [-0.15, -0.1) is 0 Å². The maximum Gasteiger partial charge on any atom is 0.439 e. The molecule has 0 aliphatic carbocycles. The van der Waals surface area contributed by atoms with Crippen molar-refractivity contribution in [2.75, 3.05) is 32.5 Å². The van der Waals surface area contributed by atoms with Crippen molar-refractivity contribution in [3.63, 3.8) is 0 Å². The first kappa shape index (κ1) is 24.8. The minimum atomic E-state index is -0.706. The highest BCUT2D eigenvalue weighted by molar-refractivity contribution is 6.08. The first-order valence-corrected chi connectivity index (χ1v) is 10.5. The van der Waals surface area contributed by atoms with Crippen LogP contribution in [0.25, 0.3) is 5.65 Å². The monoisotopic (exact) mass is 465 g/mol. The van der Waals surface area contributed by atoms with Crippen LogP contribution >= 0.6 is 0 Å². The summed E-state index contributed by atoms with van der Waals surface area (Å²) < 4.78 is 17.6. The van der Waals surface area contributed by atoms with E-state index in [1.54, 1.807) is 74.9 Å². The van der Waals surface area contributed by atoms with Crippen molar-refractivity contribution >= 4 is 23.2 Å². The number of aromatic nitrogens is 2. The van der Waals surface area contributed by atoms with Gasteiger partial charge in [-0.2, -0.15) is 5.06 Å². The summed E-state index contributed by atoms with van der Waals surface area (Å²) >= 11 is 0. The second kappa shape index (κ2) is 10.8. The zero-order valence-corrected chi connectivity index (χ0v) is 19.8. The Hall–Kier alpha value is -3.87. The minimum absolute atomic E-state index is 0.305. The molecule has 0 radical (unpaired) electrons. The van der Waals surface area contributed by atoms with E-state index in [9.17, 15) is 9.59 Å². The fraction of sp³-hybridized carbons (Fsp3) is 0.320. The highest BCUT2D eigenvalue weighted by Crippen LogP contribution is 2.22. The number of hydroxylamine groups is 1. The minimum Gasteiger partial charge on any atom is -0.491 e. The molecule has 0 spiro atoms. The number of fused-ring (bicyclic) bond motifs is 1. The quantitative estimate of drug-likeness (QED) is 0.226. The van der Waals surface area contributed by atoms with Crippen molar-refractivity contribution in [1.82, 2.24) is 9.38 Å². The summed E-state index contributed by atoms with van der Waals surface area (Å²) in [5.74, 6) is 5.65. The largest absolute Gasteiger partial charge is 0.491 e. The molecule has 0 unspecified atom stereocenters. The van der Waals surface area contributed by atoms with Crippen LogP contribution in [0, 0.1) is 11.8 Å². The third-order valence-corrected chi connectivity index (χ3v) is 4.45. The molecule has 1 amide bonds. The van der Waals surface area contributed by atoms with E-state index in [-0.39, 0.29) is 0 Å². The van der Waals surface area contributed by atoms with Gasteiger partial charge in [0.25, 0.3) is 5.78 Å². The van der Waals surface area contributed by atoms with E-state index >= 15 is 0 Å². The number of hydrogen-bond acceptors (Lipinski definition) is 7. The fourth-order valence-electron chi connectivity index (χ4n) is 2.98. The first-order chi connectivity index (χ1) is 16.2. The number of para-hydroxylation sites is 1. The molecule has 0 atom stereocenters. The molecule has 3 rings (SSSR count). The number of anilines is 1. The van der Waals surface area contributed by atoms with E-state index < -0.39 is 17.5 Å². The summed E-state index contributed by atoms with van der Waals surface area (Å²) in [6.45, 7) is 6.15. The number of pyridine rings is 1. The first-order valence-electron chi connectivity index (χ1n) is 10.5. The van der Waals surface area contributed by atoms with Gasteiger partial charge in [0.2, 0.25) is 0 Å². The number of carbonyl (C=O) groups is 2. The lowest BCUT2D eigenvalue weighted by Crippen LogP contribution is -2.36. The zero-order chi connectivity index (χ0) is 24.7. The van der Waals surface area contributed by atoms with Gasteiger partial charge in [-0.1, -0.05) is 18.1 Å². The lowest BCUT2D eigenvalue weighted by molar-refractivity contribution is 0.0328. The van der Waals surface area contributed by atoms with Crippen LogP contribution < -0.4 is 9.80 Å². The molecule has 2 aromatic heterocycles. The Morgan fingerprint density at radius 3 is 2.59 bits per heavy atom. The second-order valence-corrected chi connectivity index (χ2v) is 8.13. The van der Waals surface area contributed by atoms with Crippen molar-refractivity contribution in [1.29, 1.82) is 0 Å². The molecule has 0 fully saturated rings. The van der Waals surface area contributed by atoms with Crippen molar-refractivity contribution in [2.24, 2.45) is 0 Å². The molecule has 34 heavy (non-hydrogen) atoms. The summed E-state index contributed by atoms with van der Waals surface area (Å²) in [6.07, 6.45) is 2.46. The lowest BCUT2D eigenvalue weighted by Gasteiger charge is -2.26. The smallest absolute Gasteiger partial charge is 0.439 e. The average molecular weight is 466 g/mol. The Morgan fingerprint density at radius 2 is 1.88 bits per heavy atom. The molecule has 0 saturated carbocycles. The van der Waals surface area contributed by atoms with Gasteiger partial charge in [0.1, 0.15) is 29.3 Å². The van der Waals surface area contributed by atoms with E-state index in [1.165, 1.54) is 13.3 Å². The number of amides is 1. The third kappa shape index (κ3) is 6.13. The van der Waals surface area contributed by atoms with E-state index in [0.717, 1.165) is 5.06 Å². The Bertz CT molecular complexity index is 1230. The molecule has 3 aromatic rings. The van der Waals surface area contributed by atoms with Gasteiger partial charge >= 0.3 is 6.09 Å². The summed E-state index contributed by atoms with van der Waals surface area (Å²) in [6, 6.07) is 10.3. The van der Waals surface area contributed by atoms with Crippen LogP contribution in [0.3, 0.4) is 0 Å². The number of rotatable bonds is 7. The van der Waals surface area contributed by atoms with Gasteiger partial charge in [0.15, 0.2) is 0 Å². The zero-order valence-electron chi connectivity index (χ0n) is 19.8. The number of imidazole rings is 1. The maximum atomic E-state index is 12.8. The van der Waals surface area contributed by atoms with Crippen molar-refractivity contribution in [3.05, 3.63) is 60.0 Å². The number of carbonyl (C=O) groups excluding carboxylic acids is 2. The number of benzene rings is 1. The lowest BCUT2D eigenvalue weighted by atomic mass is 10.1. The standard InChI is InChI=1S/C25H27N3O6/c1-25(2,3)34-24(30)28(32-5)20-9-7-6-8-18(20)10-11-22(29)21-17-26-23-16-19(12-13-27(21)23)33-15-14-31-4/h6-9,12-13,16-17H,14-15H2,1-5H3. The summed E-state index contributed by atoms with van der Waals surface area (Å²) in [7, 11) is 2.95. The number of hydrogen-bond donors (Lipinski definition) is 0. The average Bonchev–Trinajstić information content (AvgIpc) is 3.21. The molecule has 9 heteroatoms. The molecule has 0 aliphatic heterocycles. The third-order valence-electron chi connectivity index (χ3n) is 4.45. The van der Waals surface area contributed by atoms with Gasteiger partial charge in [0.05, 0.1) is 31.2 Å². The molecular weight excluding hydrogens is 438 g/mol. The highest BCUT2D eigenvalue weighted by atomic mass is 16.7. The van der Waals surface area contributed by atoms with E-state index in [2.05, 4.69) is 16.8 Å². The number of nitrogens with zero attached hydrogens (tertiary/aromatic N) is 3. The van der Waals surface area contributed by atoms with Gasteiger partial charge in [-0.25, -0.2) is 9.78 Å². The molecule has 0 bridgehead atoms. The summed E-state index contributed by atoms with van der Waals surface area (Å²) in [5, 5.41) is 0.999. The van der Waals surface area contributed by atoms with Gasteiger partial charge in [-0.3, -0.25) is 14.0 Å². The van der Waals surface area contributed by atoms with Crippen LogP contribution in [0.2, 0.25) is 0 Å². The van der Waals surface area contributed by atoms with Crippen LogP contribution in [0.15, 0.2) is 48.8 Å². The van der Waals surface area contributed by atoms with Crippen LogP contribution in [0.5, 0.6) is 5.75 Å². The molecule has 178 valence electrons. The van der Waals surface area contributed by atoms with Gasteiger partial charge < -0.3 is 14.2 Å². The van der Waals surface area contributed by atoms with Crippen LogP contribution in [-0.4, -0.2) is 54.3 Å². The predicted molar refractivity (Wildman–Crippen MR) is 126 cm³/mol. The molecule has 0 N–H and O–H groups in total. The number of methoxy groups -OCH3 is 1. The van der Waals surface area contributed by atoms with Crippen LogP contribution in [-0.2, 0) is 14.3 Å². The SMILES string of the molecule is COCCOc1ccn2c(C(=O)C#Cc3ccccc3N(OC)C(=O)OC(C)(C)C)cnc2c1. The Kier molecular flexibility index (Phi) is 7.89. The van der Waals surface area contributed by atoms with E-state index in [1.807, 2.05) is 0 Å². The molecular formula is C25H27N3O6. The molecule has 0 saturated heterocycles. The predicted octanol–water partition coefficient (Wildman–Crippen LogP) is 3.90. The second-order valence-electron chi connectivity index (χ2n) is 8.13. The number of ketones is 1. The van der Waals surface area contributed by atoms with E-state index in [4.69, 9.17) is 19.0 Å². The molecule has 9 nitrogen and oxygen atoms in total. The van der Waals surface area contributed by atoms with E-state index in [0.29, 0.717) is 41.6 Å². The topological polar surface area (TPSA) is 91.6 Å². The summed E-state index contributed by atoms with van der Waals surface area (Å²) in [4.78, 5) is 34.9. The number of ether oxygens (including phenoxy) is 3. The Labute approximate surface area is 198 Å². The normalized spacial score (nSPS) is 11.0. The molecule has 1 aromatic carbocycles. The maximum absolute atomic E-state index is 12.8. The van der Waals surface area contributed by atoms with Crippen LogP contribution in [0.4, 0.5) is 10.5 Å². The molecule has 2 heterocycles. The van der Waals surface area contributed by atoms with Gasteiger partial charge in [-0.05, 0) is 44.9 Å². The van der Waals surface area contributed by atoms with Crippen molar-refractivity contribution in [2.45, 2.75) is 26.4 Å². The van der Waals surface area contributed by atoms with Crippen molar-refractivity contribution < 1.29 is 28.6 Å². The number of Topliss-reactive ketones (excluding diaryl/α,β-unsaturated/α-hetero) is 1. The highest BCUT2D eigenvalue weighted by Gasteiger charge is 2.25.